The van der Waals surface area contributed by atoms with Crippen molar-refractivity contribution >= 4 is 15.9 Å². The summed E-state index contributed by atoms with van der Waals surface area (Å²) in [6, 6.07) is 1.45. The highest BCUT2D eigenvalue weighted by Gasteiger charge is 2.24. The van der Waals surface area contributed by atoms with Crippen LogP contribution < -0.4 is 14.8 Å². The lowest BCUT2D eigenvalue weighted by atomic mass is 9.90. The lowest BCUT2D eigenvalue weighted by Gasteiger charge is -2.25. The minimum atomic E-state index is -0.199. The van der Waals surface area contributed by atoms with Gasteiger partial charge in [0, 0.05) is 11.6 Å². The molecule has 104 valence electrons. The van der Waals surface area contributed by atoms with Crippen LogP contribution in [0.25, 0.3) is 0 Å². The highest BCUT2D eigenvalue weighted by Crippen LogP contribution is 2.42. The van der Waals surface area contributed by atoms with E-state index in [2.05, 4.69) is 21.2 Å². The lowest BCUT2D eigenvalue weighted by molar-refractivity contribution is 0.169. The number of benzene rings is 1. The predicted octanol–water partition coefficient (Wildman–Crippen LogP) is 2.90. The number of halogens is 2. The molecule has 19 heavy (non-hydrogen) atoms. The summed E-state index contributed by atoms with van der Waals surface area (Å²) in [6.07, 6.45) is 2.95. The Morgan fingerprint density at radius 1 is 1.26 bits per heavy atom. The summed E-state index contributed by atoms with van der Waals surface area (Å²) >= 11 is 3.48. The maximum absolute atomic E-state index is 14.2. The average molecular weight is 330 g/mol. The van der Waals surface area contributed by atoms with Crippen molar-refractivity contribution in [1.29, 1.82) is 0 Å². The van der Waals surface area contributed by atoms with Crippen molar-refractivity contribution in [3.05, 3.63) is 21.9 Å². The van der Waals surface area contributed by atoms with Crippen molar-refractivity contribution in [2.75, 3.05) is 26.3 Å². The second kappa shape index (κ2) is 5.67. The first-order chi connectivity index (χ1) is 9.25. The van der Waals surface area contributed by atoms with Crippen molar-refractivity contribution < 1.29 is 13.9 Å². The maximum Gasteiger partial charge on any atom is 0.175 e. The summed E-state index contributed by atoms with van der Waals surface area (Å²) < 4.78 is 25.9. The first-order valence-electron chi connectivity index (χ1n) is 6.73. The Bertz CT molecular complexity index is 475. The molecule has 1 fully saturated rings. The van der Waals surface area contributed by atoms with E-state index in [4.69, 9.17) is 9.47 Å². The van der Waals surface area contributed by atoms with Crippen LogP contribution in [0.4, 0.5) is 4.39 Å². The van der Waals surface area contributed by atoms with Gasteiger partial charge in [-0.3, -0.25) is 0 Å². The lowest BCUT2D eigenvalue weighted by Crippen LogP contribution is -2.29. The third kappa shape index (κ3) is 2.72. The molecule has 0 atom stereocenters. The minimum Gasteiger partial charge on any atom is -0.486 e. The van der Waals surface area contributed by atoms with Crippen molar-refractivity contribution in [2.45, 2.75) is 19.3 Å². The molecule has 3 rings (SSSR count). The van der Waals surface area contributed by atoms with E-state index in [1.165, 1.54) is 6.07 Å². The molecule has 0 saturated carbocycles. The van der Waals surface area contributed by atoms with E-state index in [0.29, 0.717) is 30.6 Å². The van der Waals surface area contributed by atoms with E-state index in [0.717, 1.165) is 42.4 Å². The van der Waals surface area contributed by atoms with Crippen molar-refractivity contribution in [3.8, 4) is 11.5 Å². The topological polar surface area (TPSA) is 30.5 Å². The van der Waals surface area contributed by atoms with Crippen LogP contribution in [0.5, 0.6) is 11.5 Å². The summed E-state index contributed by atoms with van der Waals surface area (Å²) in [5.74, 6) is 1.49. The summed E-state index contributed by atoms with van der Waals surface area (Å²) in [5.41, 5.74) is 0.719. The van der Waals surface area contributed by atoms with E-state index >= 15 is 0 Å². The van der Waals surface area contributed by atoms with Gasteiger partial charge in [-0.15, -0.1) is 0 Å². The Kier molecular flexibility index (Phi) is 3.93. The van der Waals surface area contributed by atoms with Crippen LogP contribution in [0.2, 0.25) is 0 Å². The summed E-state index contributed by atoms with van der Waals surface area (Å²) in [6.45, 7) is 3.04. The zero-order valence-corrected chi connectivity index (χ0v) is 12.3. The van der Waals surface area contributed by atoms with E-state index in [1.807, 2.05) is 0 Å². The van der Waals surface area contributed by atoms with Crippen LogP contribution in [-0.4, -0.2) is 26.3 Å². The molecule has 0 spiro atoms. The number of ether oxygens (including phenoxy) is 2. The third-order valence-electron chi connectivity index (χ3n) is 3.77. The summed E-state index contributed by atoms with van der Waals surface area (Å²) in [5, 5.41) is 3.33. The highest BCUT2D eigenvalue weighted by molar-refractivity contribution is 9.10. The van der Waals surface area contributed by atoms with Gasteiger partial charge in [0.1, 0.15) is 19.0 Å². The average Bonchev–Trinajstić information content (AvgIpc) is 2.45. The van der Waals surface area contributed by atoms with Crippen LogP contribution in [0.3, 0.4) is 0 Å². The summed E-state index contributed by atoms with van der Waals surface area (Å²) in [4.78, 5) is 0. The molecular formula is C14H17BrFNO2. The van der Waals surface area contributed by atoms with Gasteiger partial charge in [-0.1, -0.05) is 0 Å². The van der Waals surface area contributed by atoms with E-state index < -0.39 is 0 Å². The van der Waals surface area contributed by atoms with Gasteiger partial charge in [-0.2, -0.15) is 0 Å². The molecule has 3 nitrogen and oxygen atoms in total. The SMILES string of the molecule is Fc1cc2c(c(Br)c1CC1CCNCC1)OCCO2. The van der Waals surface area contributed by atoms with Gasteiger partial charge in [-0.25, -0.2) is 4.39 Å². The molecule has 0 radical (unpaired) electrons. The van der Waals surface area contributed by atoms with Crippen LogP contribution >= 0.6 is 15.9 Å². The second-order valence-corrected chi connectivity index (χ2v) is 5.87. The van der Waals surface area contributed by atoms with Gasteiger partial charge < -0.3 is 14.8 Å². The molecule has 0 amide bonds. The second-order valence-electron chi connectivity index (χ2n) is 5.07. The first kappa shape index (κ1) is 13.2. The van der Waals surface area contributed by atoms with Gasteiger partial charge in [0.25, 0.3) is 0 Å². The number of rotatable bonds is 2. The highest BCUT2D eigenvalue weighted by atomic mass is 79.9. The van der Waals surface area contributed by atoms with Gasteiger partial charge in [0.05, 0.1) is 4.47 Å². The van der Waals surface area contributed by atoms with Crippen molar-refractivity contribution in [2.24, 2.45) is 5.92 Å². The molecule has 1 aromatic carbocycles. The van der Waals surface area contributed by atoms with Gasteiger partial charge in [0.2, 0.25) is 0 Å². The zero-order chi connectivity index (χ0) is 13.2. The fourth-order valence-corrected chi connectivity index (χ4v) is 3.38. The van der Waals surface area contributed by atoms with Crippen LogP contribution in [0, 0.1) is 11.7 Å². The van der Waals surface area contributed by atoms with Crippen molar-refractivity contribution in [3.63, 3.8) is 0 Å². The maximum atomic E-state index is 14.2. The number of hydrogen-bond acceptors (Lipinski definition) is 3. The Labute approximate surface area is 120 Å². The van der Waals surface area contributed by atoms with E-state index in [9.17, 15) is 4.39 Å². The molecule has 1 N–H and O–H groups in total. The third-order valence-corrected chi connectivity index (χ3v) is 4.61. The minimum absolute atomic E-state index is 0.199. The molecule has 2 aliphatic heterocycles. The Morgan fingerprint density at radius 2 is 2.00 bits per heavy atom. The molecule has 2 aliphatic rings. The van der Waals surface area contributed by atoms with E-state index in [-0.39, 0.29) is 5.82 Å². The molecular weight excluding hydrogens is 313 g/mol. The summed E-state index contributed by atoms with van der Waals surface area (Å²) in [7, 11) is 0. The predicted molar refractivity (Wildman–Crippen MR) is 74.4 cm³/mol. The normalized spacial score (nSPS) is 19.5. The standard InChI is InChI=1S/C14H17BrFNO2/c15-13-10(7-9-1-3-17-4-2-9)11(16)8-12-14(13)19-6-5-18-12/h8-9,17H,1-7H2. The smallest absolute Gasteiger partial charge is 0.175 e. The number of piperidine rings is 1. The van der Waals surface area contributed by atoms with Crippen molar-refractivity contribution in [1.82, 2.24) is 5.32 Å². The fraction of sp³-hybridized carbons (Fsp3) is 0.571. The Morgan fingerprint density at radius 3 is 2.79 bits per heavy atom. The van der Waals surface area contributed by atoms with Gasteiger partial charge in [-0.05, 0) is 54.2 Å². The molecule has 5 heteroatoms. The van der Waals surface area contributed by atoms with E-state index in [1.54, 1.807) is 0 Å². The molecule has 0 unspecified atom stereocenters. The molecule has 0 aliphatic carbocycles. The quantitative estimate of drug-likeness (QED) is 0.905. The molecule has 0 bridgehead atoms. The Hall–Kier alpha value is -0.810. The molecule has 2 heterocycles. The molecule has 1 aromatic rings. The Balaban J connectivity index is 1.87. The zero-order valence-electron chi connectivity index (χ0n) is 10.7. The monoisotopic (exact) mass is 329 g/mol. The van der Waals surface area contributed by atoms with Crippen LogP contribution in [0.15, 0.2) is 10.5 Å². The number of nitrogens with one attached hydrogen (secondary N) is 1. The van der Waals surface area contributed by atoms with Crippen LogP contribution in [-0.2, 0) is 6.42 Å². The number of hydrogen-bond donors (Lipinski definition) is 1. The van der Waals surface area contributed by atoms with Gasteiger partial charge >= 0.3 is 0 Å². The largest absolute Gasteiger partial charge is 0.486 e. The van der Waals surface area contributed by atoms with Crippen LogP contribution in [0.1, 0.15) is 18.4 Å². The first-order valence-corrected chi connectivity index (χ1v) is 7.52. The molecule has 1 saturated heterocycles. The fourth-order valence-electron chi connectivity index (χ4n) is 2.72. The molecule has 0 aromatic heterocycles. The number of fused-ring (bicyclic) bond motifs is 1. The van der Waals surface area contributed by atoms with Gasteiger partial charge in [0.15, 0.2) is 11.5 Å².